The molecular weight excluding hydrogens is 322 g/mol. The smallest absolute Gasteiger partial charge is 0.254 e. The summed E-state index contributed by atoms with van der Waals surface area (Å²) in [5, 5.41) is 7.88. The van der Waals surface area contributed by atoms with Gasteiger partial charge in [0.1, 0.15) is 4.64 Å². The molecule has 2 aromatic rings. The number of aromatic amines is 1. The molecule has 8 heteroatoms. The van der Waals surface area contributed by atoms with E-state index in [1.807, 2.05) is 0 Å². The average Bonchev–Trinajstić information content (AvgIpc) is 2.46. The zero-order chi connectivity index (χ0) is 16.3. The topological polar surface area (TPSA) is 105 Å². The van der Waals surface area contributed by atoms with Crippen LogP contribution in [-0.4, -0.2) is 19.3 Å². The lowest BCUT2D eigenvalue weighted by molar-refractivity contribution is 0.0939. The standard InChI is InChI=1S/C14H15N3O3S2/c1-9(10-4-2-5-11(8-10)22(15,19)20)17-13(18)12-6-3-7-16-14(12)21/h2-9H,1H3,(H,16,21)(H,17,18)(H2,15,19,20). The number of aromatic nitrogens is 1. The van der Waals surface area contributed by atoms with E-state index in [4.69, 9.17) is 17.4 Å². The van der Waals surface area contributed by atoms with E-state index in [1.54, 1.807) is 37.4 Å². The number of sulfonamides is 1. The molecule has 1 aromatic heterocycles. The van der Waals surface area contributed by atoms with E-state index in [1.165, 1.54) is 12.1 Å². The van der Waals surface area contributed by atoms with Crippen LogP contribution in [0.5, 0.6) is 0 Å². The summed E-state index contributed by atoms with van der Waals surface area (Å²) in [7, 11) is -3.78. The quantitative estimate of drug-likeness (QED) is 0.741. The van der Waals surface area contributed by atoms with Crippen molar-refractivity contribution in [3.8, 4) is 0 Å². The molecule has 116 valence electrons. The maximum absolute atomic E-state index is 12.2. The summed E-state index contributed by atoms with van der Waals surface area (Å²) in [6.45, 7) is 1.75. The van der Waals surface area contributed by atoms with E-state index in [-0.39, 0.29) is 10.8 Å². The predicted octanol–water partition coefficient (Wildman–Crippen LogP) is 1.88. The van der Waals surface area contributed by atoms with Gasteiger partial charge in [0.25, 0.3) is 5.91 Å². The van der Waals surface area contributed by atoms with Gasteiger partial charge in [-0.1, -0.05) is 24.4 Å². The second-order valence-corrected chi connectivity index (χ2v) is 6.70. The third kappa shape index (κ3) is 3.79. The molecule has 0 saturated carbocycles. The second kappa shape index (κ2) is 6.39. The van der Waals surface area contributed by atoms with Crippen LogP contribution < -0.4 is 10.5 Å². The molecule has 0 aliphatic heterocycles. The van der Waals surface area contributed by atoms with Gasteiger partial charge in [0.05, 0.1) is 16.5 Å². The number of H-pyrrole nitrogens is 1. The van der Waals surface area contributed by atoms with Gasteiger partial charge < -0.3 is 10.3 Å². The molecule has 22 heavy (non-hydrogen) atoms. The molecule has 0 fully saturated rings. The number of nitrogens with one attached hydrogen (secondary N) is 2. The molecule has 1 atom stereocenters. The Morgan fingerprint density at radius 2 is 2.05 bits per heavy atom. The lowest BCUT2D eigenvalue weighted by Gasteiger charge is -2.15. The largest absolute Gasteiger partial charge is 0.352 e. The SMILES string of the molecule is CC(NC(=O)c1ccc[nH]c1=S)c1cccc(S(N)(=O)=O)c1. The monoisotopic (exact) mass is 337 g/mol. The third-order valence-electron chi connectivity index (χ3n) is 3.10. The number of benzene rings is 1. The van der Waals surface area contributed by atoms with Crippen molar-refractivity contribution in [3.05, 3.63) is 58.4 Å². The van der Waals surface area contributed by atoms with Crippen molar-refractivity contribution in [3.63, 3.8) is 0 Å². The summed E-state index contributed by atoms with van der Waals surface area (Å²) in [4.78, 5) is 15.0. The van der Waals surface area contributed by atoms with Crippen LogP contribution >= 0.6 is 12.2 Å². The van der Waals surface area contributed by atoms with Crippen molar-refractivity contribution in [2.24, 2.45) is 5.14 Å². The first-order valence-electron chi connectivity index (χ1n) is 6.40. The van der Waals surface area contributed by atoms with Crippen LogP contribution in [-0.2, 0) is 10.0 Å². The molecule has 1 heterocycles. The third-order valence-corrected chi connectivity index (χ3v) is 4.35. The second-order valence-electron chi connectivity index (χ2n) is 4.73. The summed E-state index contributed by atoms with van der Waals surface area (Å²) < 4.78 is 23.1. The summed E-state index contributed by atoms with van der Waals surface area (Å²) in [5.74, 6) is -0.338. The van der Waals surface area contributed by atoms with Crippen LogP contribution in [0.15, 0.2) is 47.5 Å². The predicted molar refractivity (Wildman–Crippen MR) is 85.3 cm³/mol. The van der Waals surface area contributed by atoms with Crippen molar-refractivity contribution in [1.82, 2.24) is 10.3 Å². The number of pyridine rings is 1. The lowest BCUT2D eigenvalue weighted by Crippen LogP contribution is -2.27. The fourth-order valence-corrected chi connectivity index (χ4v) is 2.72. The van der Waals surface area contributed by atoms with E-state index >= 15 is 0 Å². The number of carbonyl (C=O) groups is 1. The Morgan fingerprint density at radius 3 is 2.68 bits per heavy atom. The molecule has 2 rings (SSSR count). The number of hydrogen-bond donors (Lipinski definition) is 3. The van der Waals surface area contributed by atoms with Crippen LogP contribution in [0.2, 0.25) is 0 Å². The van der Waals surface area contributed by atoms with Gasteiger partial charge in [-0.2, -0.15) is 0 Å². The van der Waals surface area contributed by atoms with Crippen LogP contribution in [0.4, 0.5) is 0 Å². The molecule has 0 aliphatic rings. The number of carbonyl (C=O) groups excluding carboxylic acids is 1. The Hall–Kier alpha value is -2.03. The van der Waals surface area contributed by atoms with E-state index < -0.39 is 16.1 Å². The van der Waals surface area contributed by atoms with E-state index in [2.05, 4.69) is 10.3 Å². The van der Waals surface area contributed by atoms with Gasteiger partial charge in [-0.25, -0.2) is 13.6 Å². The van der Waals surface area contributed by atoms with Gasteiger partial charge >= 0.3 is 0 Å². The highest BCUT2D eigenvalue weighted by Gasteiger charge is 2.15. The maximum Gasteiger partial charge on any atom is 0.254 e. The molecule has 1 amide bonds. The van der Waals surface area contributed by atoms with Crippen LogP contribution in [0.25, 0.3) is 0 Å². The van der Waals surface area contributed by atoms with Gasteiger partial charge in [-0.15, -0.1) is 0 Å². The average molecular weight is 337 g/mol. The van der Waals surface area contributed by atoms with Crippen LogP contribution in [0.3, 0.4) is 0 Å². The molecule has 1 unspecified atom stereocenters. The van der Waals surface area contributed by atoms with Crippen molar-refractivity contribution >= 4 is 28.1 Å². The number of nitrogens with two attached hydrogens (primary N) is 1. The minimum absolute atomic E-state index is 0.00287. The zero-order valence-electron chi connectivity index (χ0n) is 11.7. The van der Waals surface area contributed by atoms with Crippen LogP contribution in [0.1, 0.15) is 28.9 Å². The Morgan fingerprint density at radius 1 is 1.32 bits per heavy atom. The molecule has 4 N–H and O–H groups in total. The summed E-state index contributed by atoms with van der Waals surface area (Å²) >= 11 is 5.06. The fourth-order valence-electron chi connectivity index (χ4n) is 1.92. The Bertz CT molecular complexity index is 859. The minimum Gasteiger partial charge on any atom is -0.352 e. The van der Waals surface area contributed by atoms with Gasteiger partial charge in [0.15, 0.2) is 0 Å². The highest BCUT2D eigenvalue weighted by Crippen LogP contribution is 2.17. The minimum atomic E-state index is -3.78. The normalized spacial score (nSPS) is 12.6. The lowest BCUT2D eigenvalue weighted by atomic mass is 10.1. The Labute approximate surface area is 133 Å². The van der Waals surface area contributed by atoms with E-state index in [9.17, 15) is 13.2 Å². The van der Waals surface area contributed by atoms with Crippen molar-refractivity contribution in [2.75, 3.05) is 0 Å². The highest BCUT2D eigenvalue weighted by atomic mass is 32.2. The first-order chi connectivity index (χ1) is 10.3. The first-order valence-corrected chi connectivity index (χ1v) is 8.36. The molecule has 0 radical (unpaired) electrons. The van der Waals surface area contributed by atoms with Gasteiger partial charge in [0.2, 0.25) is 10.0 Å². The number of hydrogen-bond acceptors (Lipinski definition) is 4. The Balaban J connectivity index is 2.23. The molecule has 0 spiro atoms. The number of rotatable bonds is 4. The summed E-state index contributed by atoms with van der Waals surface area (Å²) in [5.41, 5.74) is 0.984. The zero-order valence-corrected chi connectivity index (χ0v) is 13.4. The van der Waals surface area contributed by atoms with Crippen molar-refractivity contribution in [2.45, 2.75) is 17.9 Å². The fraction of sp³-hybridized carbons (Fsp3) is 0.143. The molecule has 0 bridgehead atoms. The molecule has 0 saturated heterocycles. The van der Waals surface area contributed by atoms with Crippen LogP contribution in [0, 0.1) is 4.64 Å². The summed E-state index contributed by atoms with van der Waals surface area (Å²) in [6, 6.07) is 9.02. The number of amides is 1. The number of primary sulfonamides is 1. The van der Waals surface area contributed by atoms with E-state index in [0.29, 0.717) is 15.8 Å². The molecule has 1 aromatic carbocycles. The highest BCUT2D eigenvalue weighted by molar-refractivity contribution is 7.89. The van der Waals surface area contributed by atoms with E-state index in [0.717, 1.165) is 0 Å². The van der Waals surface area contributed by atoms with Gasteiger partial charge in [-0.3, -0.25) is 4.79 Å². The van der Waals surface area contributed by atoms with Crippen molar-refractivity contribution in [1.29, 1.82) is 0 Å². The summed E-state index contributed by atoms with van der Waals surface area (Å²) in [6.07, 6.45) is 1.64. The molecule has 0 aliphatic carbocycles. The first kappa shape index (κ1) is 16.3. The van der Waals surface area contributed by atoms with Gasteiger partial charge in [0, 0.05) is 6.20 Å². The maximum atomic E-state index is 12.2. The molecular formula is C14H15N3O3S2. The molecule has 6 nitrogen and oxygen atoms in total. The Kier molecular flexibility index (Phi) is 4.74. The van der Waals surface area contributed by atoms with Crippen molar-refractivity contribution < 1.29 is 13.2 Å². The van der Waals surface area contributed by atoms with Gasteiger partial charge in [-0.05, 0) is 36.8 Å².